The van der Waals surface area contributed by atoms with Crippen LogP contribution in [0.2, 0.25) is 0 Å². The van der Waals surface area contributed by atoms with Gasteiger partial charge in [0.2, 0.25) is 5.91 Å². The number of ether oxygens (including phenoxy) is 2. The lowest BCUT2D eigenvalue weighted by molar-refractivity contribution is -0.113. The number of hydrogen-bond donors (Lipinski definition) is 1. The van der Waals surface area contributed by atoms with Gasteiger partial charge in [-0.1, -0.05) is 43.8 Å². The van der Waals surface area contributed by atoms with Gasteiger partial charge >= 0.3 is 0 Å². The van der Waals surface area contributed by atoms with Gasteiger partial charge in [0.1, 0.15) is 18.1 Å². The summed E-state index contributed by atoms with van der Waals surface area (Å²) in [6.45, 7) is 4.58. The largest absolute Gasteiger partial charge is 0.497 e. The van der Waals surface area contributed by atoms with Crippen molar-refractivity contribution in [2.45, 2.75) is 31.5 Å². The molecule has 0 saturated heterocycles. The molecule has 0 spiro atoms. The molecule has 2 aromatic carbocycles. The molecule has 0 saturated carbocycles. The Kier molecular flexibility index (Phi) is 7.35. The molecule has 0 aliphatic heterocycles. The molecule has 1 heterocycles. The highest BCUT2D eigenvalue weighted by molar-refractivity contribution is 7.99. The molecule has 0 aliphatic carbocycles. The first-order valence-electron chi connectivity index (χ1n) is 9.64. The van der Waals surface area contributed by atoms with Crippen LogP contribution >= 0.6 is 11.8 Å². The first kappa shape index (κ1) is 21.7. The number of carbonyl (C=O) groups is 1. The summed E-state index contributed by atoms with van der Waals surface area (Å²) >= 11 is 1.33. The van der Waals surface area contributed by atoms with Crippen LogP contribution in [0, 0.1) is 0 Å². The summed E-state index contributed by atoms with van der Waals surface area (Å²) in [5.41, 5.74) is 1.88. The van der Waals surface area contributed by atoms with Gasteiger partial charge in [0.15, 0.2) is 11.0 Å². The maximum absolute atomic E-state index is 12.2. The monoisotopic (exact) mass is 426 g/mol. The fourth-order valence-corrected chi connectivity index (χ4v) is 3.56. The van der Waals surface area contributed by atoms with Gasteiger partial charge in [0, 0.05) is 12.7 Å². The molecular weight excluding hydrogens is 400 g/mol. The molecule has 0 aliphatic rings. The molecule has 8 heteroatoms. The van der Waals surface area contributed by atoms with Gasteiger partial charge in [-0.05, 0) is 41.8 Å². The zero-order valence-corrected chi connectivity index (χ0v) is 18.4. The van der Waals surface area contributed by atoms with Gasteiger partial charge in [0.05, 0.1) is 12.9 Å². The Morgan fingerprint density at radius 3 is 2.57 bits per heavy atom. The lowest BCUT2D eigenvalue weighted by Crippen LogP contribution is -2.14. The minimum absolute atomic E-state index is 0.114. The van der Waals surface area contributed by atoms with E-state index in [-0.39, 0.29) is 11.7 Å². The molecule has 1 aromatic heterocycles. The lowest BCUT2D eigenvalue weighted by Gasteiger charge is -2.13. The lowest BCUT2D eigenvalue weighted by atomic mass is 10.0. The van der Waals surface area contributed by atoms with Crippen LogP contribution in [0.1, 0.15) is 31.2 Å². The molecule has 0 unspecified atom stereocenters. The standard InChI is InChI=1S/C22H26N4O3S/c1-15(2)18-7-5-6-8-19(18)29-13-20-24-25-22(26(20)3)30-14-21(27)23-16-9-11-17(28-4)12-10-16/h5-12,15H,13-14H2,1-4H3,(H,23,27). The van der Waals surface area contributed by atoms with Crippen molar-refractivity contribution in [3.05, 3.63) is 59.9 Å². The topological polar surface area (TPSA) is 78.3 Å². The maximum atomic E-state index is 12.2. The Labute approximate surface area is 180 Å². The fourth-order valence-electron chi connectivity index (χ4n) is 2.83. The predicted molar refractivity (Wildman–Crippen MR) is 118 cm³/mol. The summed E-state index contributed by atoms with van der Waals surface area (Å²) in [7, 11) is 3.48. The molecule has 7 nitrogen and oxygen atoms in total. The third-order valence-electron chi connectivity index (χ3n) is 4.53. The molecule has 3 rings (SSSR count). The van der Waals surface area contributed by atoms with E-state index < -0.39 is 0 Å². The second-order valence-electron chi connectivity index (χ2n) is 7.00. The summed E-state index contributed by atoms with van der Waals surface area (Å²) in [5, 5.41) is 11.9. The number of hydrogen-bond acceptors (Lipinski definition) is 6. The summed E-state index contributed by atoms with van der Waals surface area (Å²) in [6, 6.07) is 15.2. The smallest absolute Gasteiger partial charge is 0.234 e. The summed E-state index contributed by atoms with van der Waals surface area (Å²) in [5.74, 6) is 2.78. The average molecular weight is 427 g/mol. The number of anilines is 1. The minimum atomic E-state index is -0.114. The molecule has 0 bridgehead atoms. The Morgan fingerprint density at radius 1 is 1.13 bits per heavy atom. The molecule has 1 amide bonds. The highest BCUT2D eigenvalue weighted by atomic mass is 32.2. The Morgan fingerprint density at radius 2 is 1.87 bits per heavy atom. The molecule has 0 fully saturated rings. The number of rotatable bonds is 9. The summed E-state index contributed by atoms with van der Waals surface area (Å²) < 4.78 is 12.9. The van der Waals surface area contributed by atoms with Crippen molar-refractivity contribution >= 4 is 23.4 Å². The number of nitrogens with zero attached hydrogens (tertiary/aromatic N) is 3. The number of benzene rings is 2. The average Bonchev–Trinajstić information content (AvgIpc) is 3.11. The van der Waals surface area contributed by atoms with Gasteiger partial charge < -0.3 is 19.4 Å². The van der Waals surface area contributed by atoms with Gasteiger partial charge in [-0.15, -0.1) is 10.2 Å². The van der Waals surface area contributed by atoms with E-state index in [1.807, 2.05) is 29.8 Å². The van der Waals surface area contributed by atoms with Crippen LogP contribution < -0.4 is 14.8 Å². The molecule has 3 aromatic rings. The Balaban J connectivity index is 1.54. The number of nitrogens with one attached hydrogen (secondary N) is 1. The normalized spacial score (nSPS) is 10.8. The number of aromatic nitrogens is 3. The Hall–Kier alpha value is -3.00. The third kappa shape index (κ3) is 5.54. The SMILES string of the molecule is COc1ccc(NC(=O)CSc2nnc(COc3ccccc3C(C)C)n2C)cc1. The number of thioether (sulfide) groups is 1. The van der Waals surface area contributed by atoms with Crippen molar-refractivity contribution in [1.29, 1.82) is 0 Å². The molecule has 1 N–H and O–H groups in total. The highest BCUT2D eigenvalue weighted by Crippen LogP contribution is 2.26. The van der Waals surface area contributed by atoms with Crippen LogP contribution in [-0.4, -0.2) is 33.5 Å². The van der Waals surface area contributed by atoms with Gasteiger partial charge in [-0.25, -0.2) is 0 Å². The first-order valence-corrected chi connectivity index (χ1v) is 10.6. The zero-order chi connectivity index (χ0) is 21.5. The third-order valence-corrected chi connectivity index (χ3v) is 5.55. The van der Waals surface area contributed by atoms with Crippen LogP contribution in [0.3, 0.4) is 0 Å². The molecular formula is C22H26N4O3S. The van der Waals surface area contributed by atoms with E-state index in [0.29, 0.717) is 23.5 Å². The predicted octanol–water partition coefficient (Wildman–Crippen LogP) is 4.26. The van der Waals surface area contributed by atoms with E-state index in [1.165, 1.54) is 11.8 Å². The molecule has 30 heavy (non-hydrogen) atoms. The second kappa shape index (κ2) is 10.2. The van der Waals surface area contributed by atoms with E-state index in [0.717, 1.165) is 22.7 Å². The van der Waals surface area contributed by atoms with E-state index >= 15 is 0 Å². The second-order valence-corrected chi connectivity index (χ2v) is 7.95. The van der Waals surface area contributed by atoms with Gasteiger partial charge in [-0.3, -0.25) is 4.79 Å². The van der Waals surface area contributed by atoms with Gasteiger partial charge in [-0.2, -0.15) is 0 Å². The van der Waals surface area contributed by atoms with Crippen LogP contribution in [0.25, 0.3) is 0 Å². The van der Waals surface area contributed by atoms with E-state index in [4.69, 9.17) is 9.47 Å². The van der Waals surface area contributed by atoms with Crippen molar-refractivity contribution in [1.82, 2.24) is 14.8 Å². The minimum Gasteiger partial charge on any atom is -0.497 e. The quantitative estimate of drug-likeness (QED) is 0.515. The fraction of sp³-hybridized carbons (Fsp3) is 0.318. The van der Waals surface area contributed by atoms with Crippen LogP contribution in [0.4, 0.5) is 5.69 Å². The maximum Gasteiger partial charge on any atom is 0.234 e. The van der Waals surface area contributed by atoms with Crippen LogP contribution in [0.5, 0.6) is 11.5 Å². The van der Waals surface area contributed by atoms with Crippen LogP contribution in [-0.2, 0) is 18.4 Å². The Bertz CT molecular complexity index is 986. The van der Waals surface area contributed by atoms with Crippen molar-refractivity contribution in [2.75, 3.05) is 18.2 Å². The number of methoxy groups -OCH3 is 1. The van der Waals surface area contributed by atoms with Crippen molar-refractivity contribution in [3.63, 3.8) is 0 Å². The number of carbonyl (C=O) groups excluding carboxylic acids is 1. The van der Waals surface area contributed by atoms with Crippen molar-refractivity contribution < 1.29 is 14.3 Å². The molecule has 158 valence electrons. The van der Waals surface area contributed by atoms with E-state index in [1.54, 1.807) is 31.4 Å². The first-order chi connectivity index (χ1) is 14.5. The summed E-state index contributed by atoms with van der Waals surface area (Å²) in [4.78, 5) is 12.2. The molecule has 0 atom stereocenters. The van der Waals surface area contributed by atoms with Crippen LogP contribution in [0.15, 0.2) is 53.7 Å². The van der Waals surface area contributed by atoms with Gasteiger partial charge in [0.25, 0.3) is 0 Å². The van der Waals surface area contributed by atoms with E-state index in [9.17, 15) is 4.79 Å². The van der Waals surface area contributed by atoms with Crippen molar-refractivity contribution in [3.8, 4) is 11.5 Å². The highest BCUT2D eigenvalue weighted by Gasteiger charge is 2.13. The van der Waals surface area contributed by atoms with Crippen molar-refractivity contribution in [2.24, 2.45) is 7.05 Å². The molecule has 0 radical (unpaired) electrons. The zero-order valence-electron chi connectivity index (χ0n) is 17.6. The number of para-hydroxylation sites is 1. The summed E-state index contributed by atoms with van der Waals surface area (Å²) in [6.07, 6.45) is 0. The number of amides is 1. The van der Waals surface area contributed by atoms with E-state index in [2.05, 4.69) is 35.4 Å².